The average Bonchev–Trinajstić information content (AvgIpc) is 2.56. The number of rotatable bonds is 7. The summed E-state index contributed by atoms with van der Waals surface area (Å²) in [7, 11) is 0. The number of hydrogen-bond acceptors (Lipinski definition) is 3. The molecule has 0 aliphatic carbocycles. The highest BCUT2D eigenvalue weighted by Gasteiger charge is 2.27. The minimum absolute atomic E-state index is 0. The fraction of sp³-hybridized carbons (Fsp3) is 0.278. The van der Waals surface area contributed by atoms with Gasteiger partial charge in [0, 0.05) is 17.1 Å². The zero-order chi connectivity index (χ0) is 15.9. The van der Waals surface area contributed by atoms with Gasteiger partial charge in [-0.15, -0.1) is 12.4 Å². The molecule has 0 heterocycles. The van der Waals surface area contributed by atoms with Crippen molar-refractivity contribution in [1.29, 1.82) is 0 Å². The quantitative estimate of drug-likeness (QED) is 0.764. The van der Waals surface area contributed by atoms with Crippen LogP contribution in [-0.2, 0) is 0 Å². The fourth-order valence-electron chi connectivity index (χ4n) is 2.53. The van der Waals surface area contributed by atoms with Crippen LogP contribution >= 0.6 is 24.0 Å². The second kappa shape index (κ2) is 9.68. The molecule has 0 aliphatic rings. The first kappa shape index (κ1) is 19.7. The number of ketones is 1. The zero-order valence-electron chi connectivity index (χ0n) is 13.0. The van der Waals surface area contributed by atoms with Crippen LogP contribution in [0, 0.1) is 0 Å². The summed E-state index contributed by atoms with van der Waals surface area (Å²) in [6.07, 6.45) is 0. The van der Waals surface area contributed by atoms with E-state index in [0.717, 1.165) is 5.56 Å². The summed E-state index contributed by atoms with van der Waals surface area (Å²) in [5.41, 5.74) is 1.55. The molecule has 1 unspecified atom stereocenters. The van der Waals surface area contributed by atoms with Gasteiger partial charge in [-0.25, -0.2) is 0 Å². The van der Waals surface area contributed by atoms with Gasteiger partial charge in [0.25, 0.3) is 0 Å². The number of carbonyl (C=O) groups is 1. The lowest BCUT2D eigenvalue weighted by atomic mass is 9.96. The molecule has 1 N–H and O–H groups in total. The summed E-state index contributed by atoms with van der Waals surface area (Å²) in [6, 6.07) is 16.1. The molecule has 23 heavy (non-hydrogen) atoms. The van der Waals surface area contributed by atoms with E-state index in [4.69, 9.17) is 11.6 Å². The highest BCUT2D eigenvalue weighted by molar-refractivity contribution is 6.30. The lowest BCUT2D eigenvalue weighted by Gasteiger charge is -2.29. The number of aliphatic hydroxyl groups is 1. The van der Waals surface area contributed by atoms with Crippen LogP contribution in [0.2, 0.25) is 5.02 Å². The van der Waals surface area contributed by atoms with Gasteiger partial charge in [0.2, 0.25) is 0 Å². The molecular weight excluding hydrogens is 333 g/mol. The molecule has 0 fully saturated rings. The van der Waals surface area contributed by atoms with Gasteiger partial charge in [0.05, 0.1) is 12.6 Å². The van der Waals surface area contributed by atoms with Crippen LogP contribution in [0.5, 0.6) is 0 Å². The van der Waals surface area contributed by atoms with Crippen LogP contribution < -0.4 is 0 Å². The first-order valence-electron chi connectivity index (χ1n) is 7.37. The normalized spacial score (nSPS) is 11.8. The summed E-state index contributed by atoms with van der Waals surface area (Å²) in [5, 5.41) is 9.92. The van der Waals surface area contributed by atoms with Gasteiger partial charge in [0.15, 0.2) is 5.78 Å². The van der Waals surface area contributed by atoms with Crippen molar-refractivity contribution >= 4 is 29.8 Å². The van der Waals surface area contributed by atoms with Gasteiger partial charge < -0.3 is 5.11 Å². The van der Waals surface area contributed by atoms with Crippen molar-refractivity contribution in [2.75, 3.05) is 19.7 Å². The topological polar surface area (TPSA) is 40.5 Å². The van der Waals surface area contributed by atoms with Gasteiger partial charge in [-0.05, 0) is 24.2 Å². The molecule has 0 radical (unpaired) electrons. The number of halogens is 2. The maximum atomic E-state index is 12.9. The molecule has 5 heteroatoms. The highest BCUT2D eigenvalue weighted by atomic mass is 35.5. The summed E-state index contributed by atoms with van der Waals surface area (Å²) >= 11 is 5.95. The van der Waals surface area contributed by atoms with Crippen LogP contribution in [-0.4, -0.2) is 35.5 Å². The van der Waals surface area contributed by atoms with Crippen molar-refractivity contribution in [2.45, 2.75) is 13.0 Å². The minimum Gasteiger partial charge on any atom is -0.395 e. The third-order valence-electron chi connectivity index (χ3n) is 3.65. The molecule has 3 nitrogen and oxygen atoms in total. The number of carbonyl (C=O) groups excluding carboxylic acids is 1. The van der Waals surface area contributed by atoms with E-state index in [2.05, 4.69) is 0 Å². The summed E-state index contributed by atoms with van der Waals surface area (Å²) in [6.45, 7) is 3.12. The van der Waals surface area contributed by atoms with Gasteiger partial charge in [-0.3, -0.25) is 9.69 Å². The van der Waals surface area contributed by atoms with E-state index < -0.39 is 6.04 Å². The van der Waals surface area contributed by atoms with Crippen molar-refractivity contribution < 1.29 is 9.90 Å². The Hall–Kier alpha value is -1.39. The standard InChI is InChI=1S/C18H20ClNO2.ClH/c1-2-20(12-13-21)17(14-8-10-16(19)11-9-14)18(22)15-6-4-3-5-7-15;/h3-11,17,21H,2,12-13H2,1H3;1H. The van der Waals surface area contributed by atoms with E-state index >= 15 is 0 Å². The molecule has 0 spiro atoms. The largest absolute Gasteiger partial charge is 0.395 e. The maximum absolute atomic E-state index is 12.9. The summed E-state index contributed by atoms with van der Waals surface area (Å²) in [5.74, 6) is 0.0261. The molecule has 0 bridgehead atoms. The number of aliphatic hydroxyl groups excluding tert-OH is 1. The van der Waals surface area contributed by atoms with Crippen LogP contribution in [0.15, 0.2) is 54.6 Å². The van der Waals surface area contributed by atoms with Gasteiger partial charge >= 0.3 is 0 Å². The average molecular weight is 354 g/mol. The van der Waals surface area contributed by atoms with Crippen molar-refractivity contribution in [3.05, 3.63) is 70.7 Å². The van der Waals surface area contributed by atoms with Gasteiger partial charge in [0.1, 0.15) is 0 Å². The first-order valence-corrected chi connectivity index (χ1v) is 7.74. The number of hydrogen-bond donors (Lipinski definition) is 1. The number of benzene rings is 2. The minimum atomic E-state index is -0.420. The Bertz CT molecular complexity index is 602. The Labute approximate surface area is 148 Å². The molecular formula is C18H21Cl2NO2. The Morgan fingerprint density at radius 1 is 1.13 bits per heavy atom. The molecule has 124 valence electrons. The second-order valence-electron chi connectivity index (χ2n) is 5.04. The lowest BCUT2D eigenvalue weighted by Crippen LogP contribution is -2.36. The fourth-order valence-corrected chi connectivity index (χ4v) is 2.66. The highest BCUT2D eigenvalue weighted by Crippen LogP contribution is 2.26. The first-order chi connectivity index (χ1) is 10.7. The molecule has 0 saturated carbocycles. The summed E-state index contributed by atoms with van der Waals surface area (Å²) in [4.78, 5) is 14.9. The molecule has 2 aromatic carbocycles. The van der Waals surface area contributed by atoms with E-state index in [-0.39, 0.29) is 24.8 Å². The van der Waals surface area contributed by atoms with Crippen LogP contribution in [0.4, 0.5) is 0 Å². The van der Waals surface area contributed by atoms with Crippen molar-refractivity contribution in [3.8, 4) is 0 Å². The maximum Gasteiger partial charge on any atom is 0.184 e. The summed E-state index contributed by atoms with van der Waals surface area (Å²) < 4.78 is 0. The van der Waals surface area contributed by atoms with Crippen molar-refractivity contribution in [1.82, 2.24) is 4.90 Å². The molecule has 0 aromatic heterocycles. The Kier molecular flexibility index (Phi) is 8.28. The second-order valence-corrected chi connectivity index (χ2v) is 5.47. The number of nitrogens with zero attached hydrogens (tertiary/aromatic N) is 1. The van der Waals surface area contributed by atoms with Crippen molar-refractivity contribution in [2.24, 2.45) is 0 Å². The monoisotopic (exact) mass is 353 g/mol. The number of Topliss-reactive ketones (excluding diaryl/α,β-unsaturated/α-hetero) is 1. The molecule has 2 rings (SSSR count). The van der Waals surface area contributed by atoms with E-state index in [1.165, 1.54) is 0 Å². The zero-order valence-corrected chi connectivity index (χ0v) is 14.6. The smallest absolute Gasteiger partial charge is 0.184 e. The number of likely N-dealkylation sites (N-methyl/N-ethyl adjacent to an activating group) is 1. The third kappa shape index (κ3) is 5.05. The molecule has 2 aromatic rings. The Morgan fingerprint density at radius 3 is 2.26 bits per heavy atom. The van der Waals surface area contributed by atoms with Gasteiger partial charge in [-0.1, -0.05) is 61.0 Å². The molecule has 0 aliphatic heterocycles. The predicted molar refractivity (Wildman–Crippen MR) is 96.5 cm³/mol. The predicted octanol–water partition coefficient (Wildman–Crippen LogP) is 4.00. The molecule has 0 amide bonds. The third-order valence-corrected chi connectivity index (χ3v) is 3.90. The van der Waals surface area contributed by atoms with E-state index in [1.54, 1.807) is 12.1 Å². The van der Waals surface area contributed by atoms with E-state index in [9.17, 15) is 9.90 Å². The van der Waals surface area contributed by atoms with Crippen LogP contribution in [0.3, 0.4) is 0 Å². The van der Waals surface area contributed by atoms with E-state index in [0.29, 0.717) is 23.7 Å². The lowest BCUT2D eigenvalue weighted by molar-refractivity contribution is 0.0793. The van der Waals surface area contributed by atoms with Crippen LogP contribution in [0.1, 0.15) is 28.9 Å². The molecule has 1 atom stereocenters. The Morgan fingerprint density at radius 2 is 1.74 bits per heavy atom. The van der Waals surface area contributed by atoms with E-state index in [1.807, 2.05) is 54.3 Å². The van der Waals surface area contributed by atoms with Crippen molar-refractivity contribution in [3.63, 3.8) is 0 Å². The van der Waals surface area contributed by atoms with Gasteiger partial charge in [-0.2, -0.15) is 0 Å². The molecule has 0 saturated heterocycles. The SMILES string of the molecule is CCN(CCO)C(C(=O)c1ccccc1)c1ccc(Cl)cc1.Cl. The Balaban J connectivity index is 0.00000264. The van der Waals surface area contributed by atoms with Crippen LogP contribution in [0.25, 0.3) is 0 Å².